The van der Waals surface area contributed by atoms with E-state index in [9.17, 15) is 4.39 Å². The molecule has 0 bridgehead atoms. The van der Waals surface area contributed by atoms with Crippen LogP contribution in [0, 0.1) is 12.7 Å². The van der Waals surface area contributed by atoms with Gasteiger partial charge in [-0.3, -0.25) is 4.68 Å². The molecule has 0 spiro atoms. The Balaban J connectivity index is 2.07. The number of hydrogen-bond acceptors (Lipinski definition) is 2. The monoisotopic (exact) mass is 325 g/mol. The molecule has 0 fully saturated rings. The molecule has 102 valence electrons. The maximum Gasteiger partial charge on any atom is 0.137 e. The largest absolute Gasteiger partial charge is 0.378 e. The first kappa shape index (κ1) is 14.1. The number of hydrogen-bond donors (Lipinski definition) is 1. The summed E-state index contributed by atoms with van der Waals surface area (Å²) in [6.07, 6.45) is 2.00. The van der Waals surface area contributed by atoms with Crippen molar-refractivity contribution in [2.24, 2.45) is 0 Å². The van der Waals surface area contributed by atoms with Crippen LogP contribution in [-0.2, 0) is 6.54 Å². The van der Waals surface area contributed by atoms with Gasteiger partial charge in [-0.15, -0.1) is 0 Å². The molecule has 1 N–H and O–H groups in total. The molecule has 0 radical (unpaired) electrons. The Morgan fingerprint density at radius 2 is 2.16 bits per heavy atom. The predicted octanol–water partition coefficient (Wildman–Crippen LogP) is 4.29. The van der Waals surface area contributed by atoms with Crippen molar-refractivity contribution in [1.82, 2.24) is 9.78 Å². The Morgan fingerprint density at radius 1 is 1.42 bits per heavy atom. The maximum absolute atomic E-state index is 13.1. The van der Waals surface area contributed by atoms with Crippen molar-refractivity contribution in [2.45, 2.75) is 33.4 Å². The standard InChI is InChI=1S/C14H17BrFN3/c1-9(2)19-8-14(10(3)18-19)17-7-11-4-5-13(16)12(15)6-11/h4-6,8-9,17H,7H2,1-3H3. The van der Waals surface area contributed by atoms with Gasteiger partial charge in [-0.1, -0.05) is 6.07 Å². The first-order valence-corrected chi connectivity index (χ1v) is 7.00. The molecule has 19 heavy (non-hydrogen) atoms. The summed E-state index contributed by atoms with van der Waals surface area (Å²) in [6, 6.07) is 5.36. The van der Waals surface area contributed by atoms with Crippen molar-refractivity contribution in [3.05, 3.63) is 45.9 Å². The molecule has 3 nitrogen and oxygen atoms in total. The molecule has 0 amide bonds. The van der Waals surface area contributed by atoms with Crippen LogP contribution >= 0.6 is 15.9 Å². The lowest BCUT2D eigenvalue weighted by atomic mass is 10.2. The van der Waals surface area contributed by atoms with Gasteiger partial charge in [0.05, 0.1) is 15.9 Å². The molecule has 0 saturated carbocycles. The highest BCUT2D eigenvalue weighted by molar-refractivity contribution is 9.10. The SMILES string of the molecule is Cc1nn(C(C)C)cc1NCc1ccc(F)c(Br)c1. The van der Waals surface area contributed by atoms with Gasteiger partial charge in [0.15, 0.2) is 0 Å². The number of rotatable bonds is 4. The summed E-state index contributed by atoms with van der Waals surface area (Å²) in [5, 5.41) is 7.76. The molecule has 0 saturated heterocycles. The van der Waals surface area contributed by atoms with Gasteiger partial charge < -0.3 is 5.32 Å². The Kier molecular flexibility index (Phi) is 4.24. The predicted molar refractivity (Wildman–Crippen MR) is 78.8 cm³/mol. The molecule has 0 aliphatic rings. The van der Waals surface area contributed by atoms with Crippen molar-refractivity contribution >= 4 is 21.6 Å². The van der Waals surface area contributed by atoms with Crippen molar-refractivity contribution in [3.8, 4) is 0 Å². The van der Waals surface area contributed by atoms with E-state index in [2.05, 4.69) is 40.2 Å². The molecular weight excluding hydrogens is 309 g/mol. The third-order valence-electron chi connectivity index (χ3n) is 2.91. The highest BCUT2D eigenvalue weighted by Gasteiger charge is 2.07. The summed E-state index contributed by atoms with van der Waals surface area (Å²) in [5.41, 5.74) is 2.99. The summed E-state index contributed by atoms with van der Waals surface area (Å²) in [7, 11) is 0. The van der Waals surface area contributed by atoms with Crippen LogP contribution in [0.2, 0.25) is 0 Å². The van der Waals surface area contributed by atoms with E-state index in [0.717, 1.165) is 16.9 Å². The van der Waals surface area contributed by atoms with Crippen LogP contribution in [0.25, 0.3) is 0 Å². The minimum atomic E-state index is -0.243. The molecule has 1 heterocycles. The fourth-order valence-electron chi connectivity index (χ4n) is 1.77. The highest BCUT2D eigenvalue weighted by atomic mass is 79.9. The third kappa shape index (κ3) is 3.35. The summed E-state index contributed by atoms with van der Waals surface area (Å²) >= 11 is 3.19. The Bertz CT molecular complexity index is 578. The van der Waals surface area contributed by atoms with E-state index in [-0.39, 0.29) is 5.82 Å². The van der Waals surface area contributed by atoms with Crippen molar-refractivity contribution in [3.63, 3.8) is 0 Å². The highest BCUT2D eigenvalue weighted by Crippen LogP contribution is 2.19. The summed E-state index contributed by atoms with van der Waals surface area (Å²) in [4.78, 5) is 0. The van der Waals surface area contributed by atoms with Crippen LogP contribution in [0.1, 0.15) is 31.1 Å². The molecule has 0 aliphatic carbocycles. The Hall–Kier alpha value is -1.36. The van der Waals surface area contributed by atoms with E-state index >= 15 is 0 Å². The van der Waals surface area contributed by atoms with Gasteiger partial charge in [-0.25, -0.2) is 4.39 Å². The second-order valence-corrected chi connectivity index (χ2v) is 5.66. The quantitative estimate of drug-likeness (QED) is 0.908. The number of halogens is 2. The summed E-state index contributed by atoms with van der Waals surface area (Å²) in [5.74, 6) is -0.243. The number of aromatic nitrogens is 2. The van der Waals surface area contributed by atoms with E-state index in [1.165, 1.54) is 6.07 Å². The third-order valence-corrected chi connectivity index (χ3v) is 3.52. The molecule has 2 aromatic rings. The molecular formula is C14H17BrFN3. The normalized spacial score (nSPS) is 11.1. The smallest absolute Gasteiger partial charge is 0.137 e. The van der Waals surface area contributed by atoms with E-state index in [1.54, 1.807) is 12.1 Å². The van der Waals surface area contributed by atoms with Crippen LogP contribution in [0.15, 0.2) is 28.9 Å². The Morgan fingerprint density at radius 3 is 2.74 bits per heavy atom. The molecule has 2 rings (SSSR count). The first-order valence-electron chi connectivity index (χ1n) is 6.21. The number of benzene rings is 1. The van der Waals surface area contributed by atoms with Gasteiger partial charge in [0.25, 0.3) is 0 Å². The zero-order chi connectivity index (χ0) is 14.0. The molecule has 0 unspecified atom stereocenters. The number of nitrogens with one attached hydrogen (secondary N) is 1. The van der Waals surface area contributed by atoms with E-state index in [1.807, 2.05) is 17.8 Å². The number of anilines is 1. The summed E-state index contributed by atoms with van der Waals surface area (Å²) < 4.78 is 15.6. The fraction of sp³-hybridized carbons (Fsp3) is 0.357. The van der Waals surface area contributed by atoms with E-state index in [4.69, 9.17) is 0 Å². The van der Waals surface area contributed by atoms with Gasteiger partial charge >= 0.3 is 0 Å². The van der Waals surface area contributed by atoms with Crippen molar-refractivity contribution in [1.29, 1.82) is 0 Å². The lowest BCUT2D eigenvalue weighted by Gasteiger charge is -2.06. The molecule has 0 aliphatic heterocycles. The molecule has 1 aromatic carbocycles. The number of nitrogens with zero attached hydrogens (tertiary/aromatic N) is 2. The van der Waals surface area contributed by atoms with Gasteiger partial charge in [0, 0.05) is 18.8 Å². The van der Waals surface area contributed by atoms with Gasteiger partial charge in [-0.2, -0.15) is 5.10 Å². The van der Waals surface area contributed by atoms with Crippen LogP contribution < -0.4 is 5.32 Å². The minimum Gasteiger partial charge on any atom is -0.378 e. The Labute approximate surface area is 121 Å². The number of aryl methyl sites for hydroxylation is 1. The van der Waals surface area contributed by atoms with Crippen molar-refractivity contribution in [2.75, 3.05) is 5.32 Å². The van der Waals surface area contributed by atoms with Gasteiger partial charge in [0.2, 0.25) is 0 Å². The van der Waals surface area contributed by atoms with Crippen LogP contribution in [-0.4, -0.2) is 9.78 Å². The average Bonchev–Trinajstić information content (AvgIpc) is 2.73. The molecule has 0 atom stereocenters. The minimum absolute atomic E-state index is 0.243. The van der Waals surface area contributed by atoms with Crippen LogP contribution in [0.5, 0.6) is 0 Å². The van der Waals surface area contributed by atoms with Crippen molar-refractivity contribution < 1.29 is 4.39 Å². The second-order valence-electron chi connectivity index (χ2n) is 4.80. The van der Waals surface area contributed by atoms with E-state index < -0.39 is 0 Å². The fourth-order valence-corrected chi connectivity index (χ4v) is 2.19. The van der Waals surface area contributed by atoms with E-state index in [0.29, 0.717) is 17.1 Å². The van der Waals surface area contributed by atoms with Crippen LogP contribution in [0.4, 0.5) is 10.1 Å². The maximum atomic E-state index is 13.1. The van der Waals surface area contributed by atoms with Crippen LogP contribution in [0.3, 0.4) is 0 Å². The molecule has 1 aromatic heterocycles. The second kappa shape index (κ2) is 5.74. The zero-order valence-corrected chi connectivity index (χ0v) is 12.8. The lowest BCUT2D eigenvalue weighted by molar-refractivity contribution is 0.529. The topological polar surface area (TPSA) is 29.9 Å². The molecule has 5 heteroatoms. The zero-order valence-electron chi connectivity index (χ0n) is 11.2. The van der Waals surface area contributed by atoms with Gasteiger partial charge in [-0.05, 0) is 54.4 Å². The van der Waals surface area contributed by atoms with Gasteiger partial charge in [0.1, 0.15) is 5.82 Å². The first-order chi connectivity index (χ1) is 8.97. The lowest BCUT2D eigenvalue weighted by Crippen LogP contribution is -2.01. The summed E-state index contributed by atoms with van der Waals surface area (Å²) in [6.45, 7) is 6.80. The average molecular weight is 326 g/mol.